The molecule has 3 N–H and O–H groups in total. The van der Waals surface area contributed by atoms with Gasteiger partial charge in [-0.2, -0.15) is 0 Å². The number of halogens is 2. The summed E-state index contributed by atoms with van der Waals surface area (Å²) < 4.78 is 8.88. The van der Waals surface area contributed by atoms with Gasteiger partial charge in [0, 0.05) is 0 Å². The van der Waals surface area contributed by atoms with Gasteiger partial charge in [0.25, 0.3) is 0 Å². The maximum atomic E-state index is 8.88. The van der Waals surface area contributed by atoms with Crippen LogP contribution < -0.4 is 0 Å². The van der Waals surface area contributed by atoms with Crippen molar-refractivity contribution in [3.8, 4) is 0 Å². The third-order valence-electron chi connectivity index (χ3n) is 0. The summed E-state index contributed by atoms with van der Waals surface area (Å²) in [5.41, 5.74) is 0. The maximum Gasteiger partial charge on any atom is -1.00 e. The van der Waals surface area contributed by atoms with E-state index < -0.39 is 23.0 Å². The number of phosphoric acid groups is 1. The second-order valence-electron chi connectivity index (χ2n) is 0.614. The predicted molar refractivity (Wildman–Crippen MR) is 33.9 cm³/mol. The molecule has 4 nitrogen and oxygen atoms in total. The first kappa shape index (κ1) is 17.6. The molecule has 0 atom stereocenters. The molecule has 0 saturated heterocycles. The molecule has 0 unspecified atom stereocenters. The molecule has 0 heterocycles. The van der Waals surface area contributed by atoms with E-state index in [4.69, 9.17) is 38.6 Å². The summed E-state index contributed by atoms with van der Waals surface area (Å²) in [5, 5.41) is 0. The Labute approximate surface area is 101 Å². The molecule has 0 aromatic heterocycles. The molecule has 0 aliphatic heterocycles. The van der Waals surface area contributed by atoms with Crippen LogP contribution in [0, 0.1) is 0 Å². The predicted octanol–water partition coefficient (Wildman–Crippen LogP) is 0.292. The van der Waals surface area contributed by atoms with Gasteiger partial charge in [0.15, 0.2) is 0 Å². The van der Waals surface area contributed by atoms with Crippen molar-refractivity contribution in [2.75, 3.05) is 0 Å². The average Bonchev–Trinajstić information content (AvgIpc) is 1.27. The second kappa shape index (κ2) is 10.6. The molecule has 0 fully saturated rings. The fourth-order valence-electron chi connectivity index (χ4n) is 0. The van der Waals surface area contributed by atoms with Gasteiger partial charge in [-0.1, -0.05) is 0 Å². The van der Waals surface area contributed by atoms with Crippen LogP contribution in [0.5, 0.6) is 0 Å². The molecular formula is H5CaCl2O4PZn. The van der Waals surface area contributed by atoms with Crippen molar-refractivity contribution in [3.63, 3.8) is 0 Å². The van der Waals surface area contributed by atoms with Crippen molar-refractivity contribution >= 4 is 64.9 Å². The standard InChI is InChI=1S/Ca.2ClH.H3O4P.Zn.2H/c;;;1-5(2,3)4;;;/h;2*1H;(H3,1,2,3,4);;;/q+2;;;;+2;2*-1/p-2. The molecule has 0 spiro atoms. The van der Waals surface area contributed by atoms with Gasteiger partial charge in [-0.05, 0) is 0 Å². The summed E-state index contributed by atoms with van der Waals surface area (Å²) in [6.07, 6.45) is 0. The zero-order chi connectivity index (χ0) is 7.21. The third-order valence-corrected chi connectivity index (χ3v) is 0. The Balaban J connectivity index is -0.0000000183. The third kappa shape index (κ3) is 117. The molecule has 0 aromatic rings. The van der Waals surface area contributed by atoms with E-state index in [1.54, 1.807) is 0 Å². The second-order valence-corrected chi connectivity index (χ2v) is 6.26. The van der Waals surface area contributed by atoms with Crippen molar-refractivity contribution in [1.82, 2.24) is 0 Å². The van der Waals surface area contributed by atoms with E-state index >= 15 is 0 Å². The van der Waals surface area contributed by atoms with E-state index in [1.807, 2.05) is 0 Å². The average molecular weight is 276 g/mol. The van der Waals surface area contributed by atoms with Crippen molar-refractivity contribution in [3.05, 3.63) is 0 Å². The summed E-state index contributed by atoms with van der Waals surface area (Å²) >= 11 is -0.931. The number of rotatable bonds is 0. The van der Waals surface area contributed by atoms with Crippen LogP contribution in [0.1, 0.15) is 2.85 Å². The van der Waals surface area contributed by atoms with Crippen LogP contribution in [0.15, 0.2) is 0 Å². The summed E-state index contributed by atoms with van der Waals surface area (Å²) in [4.78, 5) is 21.6. The van der Waals surface area contributed by atoms with E-state index in [9.17, 15) is 0 Å². The molecule has 0 rings (SSSR count). The van der Waals surface area contributed by atoms with E-state index in [1.165, 1.54) is 0 Å². The molecule has 0 aromatic carbocycles. The van der Waals surface area contributed by atoms with Crippen LogP contribution >= 0.6 is 27.2 Å². The van der Waals surface area contributed by atoms with Crippen LogP contribution in [0.25, 0.3) is 0 Å². The monoisotopic (exact) mass is 274 g/mol. The normalized spacial score (nSPS) is 7.67. The summed E-state index contributed by atoms with van der Waals surface area (Å²) in [5.74, 6) is 0. The first-order chi connectivity index (χ1) is 3.41. The first-order valence-electron chi connectivity index (χ1n) is 1.32. The van der Waals surface area contributed by atoms with Gasteiger partial charge in [-0.3, -0.25) is 0 Å². The van der Waals surface area contributed by atoms with Crippen molar-refractivity contribution < 1.29 is 37.2 Å². The Morgan fingerprint density at radius 1 is 1.33 bits per heavy atom. The Bertz CT molecular complexity index is 81.9. The van der Waals surface area contributed by atoms with Gasteiger partial charge < -0.3 is 17.5 Å². The molecular weight excluding hydrogens is 271 g/mol. The summed E-state index contributed by atoms with van der Waals surface area (Å²) in [6, 6.07) is 0. The molecule has 9 heteroatoms. The largest absolute Gasteiger partial charge is 1.00 e. The Kier molecular flexibility index (Phi) is 20.7. The summed E-state index contributed by atoms with van der Waals surface area (Å²) in [6.45, 7) is 0. The van der Waals surface area contributed by atoms with Gasteiger partial charge in [-0.15, -0.1) is 0 Å². The topological polar surface area (TPSA) is 77.8 Å². The van der Waals surface area contributed by atoms with Crippen LogP contribution in [-0.4, -0.2) is 52.4 Å². The van der Waals surface area contributed by atoms with Gasteiger partial charge >= 0.3 is 80.1 Å². The molecule has 0 radical (unpaired) electrons. The van der Waals surface area contributed by atoms with E-state index in [2.05, 4.69) is 0 Å². The Morgan fingerprint density at radius 3 is 1.33 bits per heavy atom. The molecule has 0 bridgehead atoms. The molecule has 0 saturated carbocycles. The smallest absolute Gasteiger partial charge is 1.00 e. The SMILES string of the molecule is O=P(O)(O)O.[Ca+2].[Cl][Zn][Cl].[H-].[H-]. The van der Waals surface area contributed by atoms with E-state index in [0.29, 0.717) is 0 Å². The van der Waals surface area contributed by atoms with Crippen LogP contribution in [-0.2, 0) is 19.7 Å². The fourth-order valence-corrected chi connectivity index (χ4v) is 0. The quantitative estimate of drug-likeness (QED) is 0.439. The zero-order valence-electron chi connectivity index (χ0n) is 6.37. The minimum absolute atomic E-state index is 0. The summed E-state index contributed by atoms with van der Waals surface area (Å²) in [7, 11) is 5.26. The minimum Gasteiger partial charge on any atom is -1.00 e. The minimum atomic E-state index is -4.64. The molecule has 0 amide bonds. The van der Waals surface area contributed by atoms with Crippen molar-refractivity contribution in [1.29, 1.82) is 0 Å². The first-order valence-corrected chi connectivity index (χ1v) is 10.7. The van der Waals surface area contributed by atoms with Crippen LogP contribution in [0.3, 0.4) is 0 Å². The number of hydrogen-bond donors (Lipinski definition) is 3. The van der Waals surface area contributed by atoms with E-state index in [-0.39, 0.29) is 40.6 Å². The molecule has 0 aliphatic rings. The van der Waals surface area contributed by atoms with Crippen LogP contribution in [0.4, 0.5) is 0 Å². The zero-order valence-corrected chi connectivity index (χ0v) is 11.9. The maximum absolute atomic E-state index is 8.88. The van der Waals surface area contributed by atoms with Gasteiger partial charge in [0.2, 0.25) is 0 Å². The fraction of sp³-hybridized carbons (Fsp3) is 0. The van der Waals surface area contributed by atoms with Gasteiger partial charge in [0.1, 0.15) is 0 Å². The van der Waals surface area contributed by atoms with Gasteiger partial charge in [0.05, 0.1) is 0 Å². The van der Waals surface area contributed by atoms with Crippen molar-refractivity contribution in [2.45, 2.75) is 0 Å². The molecule has 0 aliphatic carbocycles. The Hall–Kier alpha value is 2.57. The number of hydrogen-bond acceptors (Lipinski definition) is 1. The van der Waals surface area contributed by atoms with Gasteiger partial charge in [-0.25, -0.2) is 4.57 Å². The molecule has 52 valence electrons. The van der Waals surface area contributed by atoms with Crippen LogP contribution in [0.2, 0.25) is 0 Å². The Morgan fingerprint density at radius 2 is 1.33 bits per heavy atom. The van der Waals surface area contributed by atoms with Crippen molar-refractivity contribution in [2.24, 2.45) is 0 Å². The molecule has 9 heavy (non-hydrogen) atoms. The van der Waals surface area contributed by atoms with E-state index in [0.717, 1.165) is 0 Å².